The number of benzene rings is 2. The van der Waals surface area contributed by atoms with Gasteiger partial charge in [-0.05, 0) is 24.3 Å². The molecule has 3 aromatic rings. The second kappa shape index (κ2) is 5.36. The first-order valence-electron chi connectivity index (χ1n) is 6.10. The van der Waals surface area contributed by atoms with E-state index in [2.05, 4.69) is 15.0 Å². The molecule has 1 heterocycles. The molecule has 5 nitrogen and oxygen atoms in total. The van der Waals surface area contributed by atoms with E-state index in [4.69, 9.17) is 10.5 Å². The third kappa shape index (κ3) is 2.56. The topological polar surface area (TPSA) is 73.9 Å². The second-order valence-electron chi connectivity index (χ2n) is 4.08. The fourth-order valence-corrected chi connectivity index (χ4v) is 1.79. The molecule has 0 bridgehead atoms. The van der Waals surface area contributed by atoms with Gasteiger partial charge in [0, 0.05) is 0 Å². The Morgan fingerprint density at radius 3 is 2.40 bits per heavy atom. The van der Waals surface area contributed by atoms with Gasteiger partial charge in [0.1, 0.15) is 17.8 Å². The molecule has 0 atom stereocenters. The van der Waals surface area contributed by atoms with Crippen LogP contribution in [0.3, 0.4) is 0 Å². The third-order valence-electron chi connectivity index (χ3n) is 2.69. The summed E-state index contributed by atoms with van der Waals surface area (Å²) >= 11 is 0. The van der Waals surface area contributed by atoms with Gasteiger partial charge in [0.05, 0.1) is 5.56 Å². The van der Waals surface area contributed by atoms with Gasteiger partial charge in [0.25, 0.3) is 0 Å². The zero-order valence-electron chi connectivity index (χ0n) is 10.6. The zero-order chi connectivity index (χ0) is 13.8. The number of aromatic nitrogens is 3. The lowest BCUT2D eigenvalue weighted by atomic mass is 10.2. The van der Waals surface area contributed by atoms with Crippen molar-refractivity contribution in [3.8, 4) is 22.9 Å². The normalized spacial score (nSPS) is 10.2. The first-order valence-corrected chi connectivity index (χ1v) is 6.10. The fraction of sp³-hybridized carbons (Fsp3) is 0. The molecule has 0 amide bonds. The number of nitrogens with zero attached hydrogens (tertiary/aromatic N) is 3. The Bertz CT molecular complexity index is 716. The van der Waals surface area contributed by atoms with Gasteiger partial charge in [-0.1, -0.05) is 30.3 Å². The van der Waals surface area contributed by atoms with Gasteiger partial charge in [0.2, 0.25) is 5.95 Å². The van der Waals surface area contributed by atoms with E-state index in [1.54, 1.807) is 0 Å². The van der Waals surface area contributed by atoms with E-state index in [1.807, 2.05) is 54.6 Å². The molecule has 5 heteroatoms. The predicted octanol–water partition coefficient (Wildman–Crippen LogP) is 2.91. The molecule has 0 saturated heterocycles. The molecule has 98 valence electrons. The number of hydrogen-bond donors (Lipinski definition) is 1. The van der Waals surface area contributed by atoms with E-state index in [-0.39, 0.29) is 5.95 Å². The molecule has 2 aromatic carbocycles. The molecule has 0 spiro atoms. The molecule has 1 aromatic heterocycles. The maximum Gasteiger partial charge on any atom is 0.223 e. The van der Waals surface area contributed by atoms with E-state index < -0.39 is 0 Å². The Morgan fingerprint density at radius 1 is 0.850 bits per heavy atom. The van der Waals surface area contributed by atoms with E-state index in [0.29, 0.717) is 11.6 Å². The Kier molecular flexibility index (Phi) is 3.24. The summed E-state index contributed by atoms with van der Waals surface area (Å²) in [6, 6.07) is 17.1. The minimum absolute atomic E-state index is 0.185. The van der Waals surface area contributed by atoms with Crippen molar-refractivity contribution in [3.63, 3.8) is 0 Å². The van der Waals surface area contributed by atoms with Crippen molar-refractivity contribution in [3.05, 3.63) is 60.9 Å². The van der Waals surface area contributed by atoms with Gasteiger partial charge in [-0.3, -0.25) is 0 Å². The lowest BCUT2D eigenvalue weighted by molar-refractivity contribution is 0.484. The van der Waals surface area contributed by atoms with Crippen molar-refractivity contribution < 1.29 is 4.74 Å². The largest absolute Gasteiger partial charge is 0.457 e. The number of hydrogen-bond acceptors (Lipinski definition) is 5. The van der Waals surface area contributed by atoms with Gasteiger partial charge in [-0.15, -0.1) is 0 Å². The number of ether oxygens (including phenoxy) is 1. The van der Waals surface area contributed by atoms with Crippen molar-refractivity contribution in [2.24, 2.45) is 0 Å². The summed E-state index contributed by atoms with van der Waals surface area (Å²) in [5.41, 5.74) is 6.36. The predicted molar refractivity (Wildman–Crippen MR) is 76.2 cm³/mol. The summed E-state index contributed by atoms with van der Waals surface area (Å²) < 4.78 is 5.86. The quantitative estimate of drug-likeness (QED) is 0.787. The molecule has 0 aliphatic rings. The maximum atomic E-state index is 5.86. The minimum Gasteiger partial charge on any atom is -0.457 e. The highest BCUT2D eigenvalue weighted by Gasteiger charge is 2.09. The number of rotatable bonds is 3. The molecule has 0 unspecified atom stereocenters. The summed E-state index contributed by atoms with van der Waals surface area (Å²) in [6.45, 7) is 0. The van der Waals surface area contributed by atoms with E-state index in [9.17, 15) is 0 Å². The van der Waals surface area contributed by atoms with Crippen LogP contribution in [-0.2, 0) is 0 Å². The number of anilines is 1. The molecular weight excluding hydrogens is 252 g/mol. The summed E-state index contributed by atoms with van der Waals surface area (Å²) in [6.07, 6.45) is 1.39. The van der Waals surface area contributed by atoms with Crippen LogP contribution in [0.2, 0.25) is 0 Å². The van der Waals surface area contributed by atoms with Crippen LogP contribution < -0.4 is 10.5 Å². The van der Waals surface area contributed by atoms with Crippen LogP contribution in [0.15, 0.2) is 60.9 Å². The maximum absolute atomic E-state index is 5.86. The highest BCUT2D eigenvalue weighted by Crippen LogP contribution is 2.30. The minimum atomic E-state index is 0.185. The first kappa shape index (κ1) is 12.1. The van der Waals surface area contributed by atoms with Crippen LogP contribution in [0, 0.1) is 0 Å². The van der Waals surface area contributed by atoms with Crippen molar-refractivity contribution in [1.82, 2.24) is 15.0 Å². The Hall–Kier alpha value is -2.95. The molecule has 0 aliphatic carbocycles. The van der Waals surface area contributed by atoms with Crippen LogP contribution in [0.4, 0.5) is 5.95 Å². The van der Waals surface area contributed by atoms with Crippen LogP contribution in [0.25, 0.3) is 11.4 Å². The van der Waals surface area contributed by atoms with Crippen LogP contribution in [0.1, 0.15) is 0 Å². The Morgan fingerprint density at radius 2 is 1.60 bits per heavy atom. The zero-order valence-corrected chi connectivity index (χ0v) is 10.6. The van der Waals surface area contributed by atoms with Crippen molar-refractivity contribution in [1.29, 1.82) is 0 Å². The van der Waals surface area contributed by atoms with E-state index >= 15 is 0 Å². The number of nitrogens with two attached hydrogens (primary N) is 1. The Balaban J connectivity index is 2.00. The average Bonchev–Trinajstić information content (AvgIpc) is 2.49. The monoisotopic (exact) mass is 264 g/mol. The van der Waals surface area contributed by atoms with Crippen LogP contribution in [-0.4, -0.2) is 15.0 Å². The molecule has 0 saturated carbocycles. The van der Waals surface area contributed by atoms with Gasteiger partial charge in [-0.25, -0.2) is 9.97 Å². The number of nitrogen functional groups attached to an aromatic ring is 1. The lowest BCUT2D eigenvalue weighted by Gasteiger charge is -2.10. The van der Waals surface area contributed by atoms with Crippen LogP contribution >= 0.6 is 0 Å². The highest BCUT2D eigenvalue weighted by atomic mass is 16.5. The third-order valence-corrected chi connectivity index (χ3v) is 2.69. The summed E-state index contributed by atoms with van der Waals surface area (Å²) in [5, 5.41) is 0. The van der Waals surface area contributed by atoms with E-state index in [1.165, 1.54) is 6.33 Å². The molecule has 0 aliphatic heterocycles. The standard InChI is InChI=1S/C15H12N4O/c16-15-18-10-17-14(19-15)12-8-4-5-9-13(12)20-11-6-2-1-3-7-11/h1-10H,(H2,16,17,18,19). The lowest BCUT2D eigenvalue weighted by Crippen LogP contribution is -1.99. The van der Waals surface area contributed by atoms with Crippen molar-refractivity contribution >= 4 is 5.95 Å². The smallest absolute Gasteiger partial charge is 0.223 e. The van der Waals surface area contributed by atoms with Gasteiger partial charge in [-0.2, -0.15) is 4.98 Å². The number of para-hydroxylation sites is 2. The molecule has 0 radical (unpaired) electrons. The SMILES string of the molecule is Nc1ncnc(-c2ccccc2Oc2ccccc2)n1. The van der Waals surface area contributed by atoms with Gasteiger partial charge < -0.3 is 10.5 Å². The molecule has 2 N–H and O–H groups in total. The molecule has 0 fully saturated rings. The molecule has 3 rings (SSSR count). The summed E-state index contributed by atoms with van der Waals surface area (Å²) in [7, 11) is 0. The van der Waals surface area contributed by atoms with Crippen molar-refractivity contribution in [2.45, 2.75) is 0 Å². The molecule has 20 heavy (non-hydrogen) atoms. The highest BCUT2D eigenvalue weighted by molar-refractivity contribution is 5.65. The van der Waals surface area contributed by atoms with Crippen LogP contribution in [0.5, 0.6) is 11.5 Å². The van der Waals surface area contributed by atoms with Gasteiger partial charge >= 0.3 is 0 Å². The fourth-order valence-electron chi connectivity index (χ4n) is 1.79. The summed E-state index contributed by atoms with van der Waals surface area (Å²) in [5.74, 6) is 2.10. The summed E-state index contributed by atoms with van der Waals surface area (Å²) in [4.78, 5) is 12.0. The van der Waals surface area contributed by atoms with Gasteiger partial charge in [0.15, 0.2) is 5.82 Å². The van der Waals surface area contributed by atoms with Crippen molar-refractivity contribution in [2.75, 3.05) is 5.73 Å². The first-order chi connectivity index (χ1) is 9.83. The Labute approximate surface area is 116 Å². The van der Waals surface area contributed by atoms with E-state index in [0.717, 1.165) is 11.3 Å². The average molecular weight is 264 g/mol. The molecular formula is C15H12N4O. The second-order valence-corrected chi connectivity index (χ2v) is 4.08.